The minimum atomic E-state index is 0.217. The molecule has 0 atom stereocenters. The minimum absolute atomic E-state index is 0.217. The van der Waals surface area contributed by atoms with Gasteiger partial charge in [-0.1, -0.05) is 36.4 Å². The summed E-state index contributed by atoms with van der Waals surface area (Å²) in [6, 6.07) is 17.3. The molecule has 0 aliphatic heterocycles. The zero-order valence-corrected chi connectivity index (χ0v) is 12.6. The van der Waals surface area contributed by atoms with Crippen LogP contribution in [0.4, 0.5) is 5.69 Å². The van der Waals surface area contributed by atoms with Crippen molar-refractivity contribution in [1.82, 2.24) is 0 Å². The molecule has 0 radical (unpaired) electrons. The molecule has 1 N–H and O–H groups in total. The number of fused-ring (bicyclic) bond motifs is 1. The highest BCUT2D eigenvalue weighted by molar-refractivity contribution is 6.03. The summed E-state index contributed by atoms with van der Waals surface area (Å²) in [4.78, 5) is 4.51. The zero-order chi connectivity index (χ0) is 15.5. The van der Waals surface area contributed by atoms with Crippen LogP contribution in [0.2, 0.25) is 0 Å². The van der Waals surface area contributed by atoms with Gasteiger partial charge >= 0.3 is 0 Å². The van der Waals surface area contributed by atoms with Crippen LogP contribution >= 0.6 is 0 Å². The lowest BCUT2D eigenvalue weighted by Gasteiger charge is -2.07. The fraction of sp³-hybridized carbons (Fsp3) is 0.105. The van der Waals surface area contributed by atoms with Crippen LogP contribution in [-0.2, 0) is 0 Å². The Morgan fingerprint density at radius 3 is 2.68 bits per heavy atom. The van der Waals surface area contributed by atoms with Crippen molar-refractivity contribution in [3.8, 4) is 11.5 Å². The van der Waals surface area contributed by atoms with Gasteiger partial charge in [0, 0.05) is 11.8 Å². The number of methoxy groups -OCH3 is 1. The van der Waals surface area contributed by atoms with Crippen LogP contribution in [0.3, 0.4) is 0 Å². The molecule has 0 saturated heterocycles. The van der Waals surface area contributed by atoms with Crippen molar-refractivity contribution in [2.24, 2.45) is 4.99 Å². The van der Waals surface area contributed by atoms with Gasteiger partial charge < -0.3 is 9.84 Å². The van der Waals surface area contributed by atoms with Crippen LogP contribution < -0.4 is 4.74 Å². The highest BCUT2D eigenvalue weighted by Gasteiger charge is 2.06. The van der Waals surface area contributed by atoms with E-state index >= 15 is 0 Å². The van der Waals surface area contributed by atoms with Crippen molar-refractivity contribution in [3.63, 3.8) is 0 Å². The Morgan fingerprint density at radius 1 is 1.05 bits per heavy atom. The van der Waals surface area contributed by atoms with Gasteiger partial charge in [0.15, 0.2) is 0 Å². The molecule has 0 aliphatic rings. The average molecular weight is 291 g/mol. The fourth-order valence-electron chi connectivity index (χ4n) is 2.45. The van der Waals surface area contributed by atoms with E-state index in [1.165, 1.54) is 0 Å². The standard InChI is InChI=1S/C19H17NO2/c1-13-7-10-19(22-2)17(11-13)20-12-16-15-6-4-3-5-14(15)8-9-18(16)21/h3-12,21H,1-2H3. The number of aliphatic imine (C=N–C) groups is 1. The summed E-state index contributed by atoms with van der Waals surface area (Å²) in [6.45, 7) is 2.01. The maximum atomic E-state index is 10.1. The van der Waals surface area contributed by atoms with Gasteiger partial charge in [-0.3, -0.25) is 4.99 Å². The molecule has 0 unspecified atom stereocenters. The zero-order valence-electron chi connectivity index (χ0n) is 12.6. The van der Waals surface area contributed by atoms with Gasteiger partial charge in [-0.2, -0.15) is 0 Å². The van der Waals surface area contributed by atoms with Crippen LogP contribution in [0, 0.1) is 6.92 Å². The predicted octanol–water partition coefficient (Wildman–Crippen LogP) is 4.61. The van der Waals surface area contributed by atoms with Gasteiger partial charge in [0.05, 0.1) is 7.11 Å². The highest BCUT2D eigenvalue weighted by Crippen LogP contribution is 2.30. The summed E-state index contributed by atoms with van der Waals surface area (Å²) in [5.74, 6) is 0.927. The van der Waals surface area contributed by atoms with Crippen molar-refractivity contribution in [3.05, 3.63) is 65.7 Å². The molecule has 3 heteroatoms. The number of benzene rings is 3. The summed E-state index contributed by atoms with van der Waals surface area (Å²) in [5, 5.41) is 12.2. The van der Waals surface area contributed by atoms with E-state index in [2.05, 4.69) is 4.99 Å². The van der Waals surface area contributed by atoms with Gasteiger partial charge in [0.1, 0.15) is 17.2 Å². The van der Waals surface area contributed by atoms with Crippen LogP contribution in [0.15, 0.2) is 59.6 Å². The van der Waals surface area contributed by atoms with E-state index in [1.54, 1.807) is 19.4 Å². The second kappa shape index (κ2) is 5.90. The topological polar surface area (TPSA) is 41.8 Å². The molecule has 0 amide bonds. The van der Waals surface area contributed by atoms with Crippen LogP contribution in [0.25, 0.3) is 10.8 Å². The third-order valence-electron chi connectivity index (χ3n) is 3.61. The van der Waals surface area contributed by atoms with Crippen molar-refractivity contribution in [2.75, 3.05) is 7.11 Å². The first-order valence-electron chi connectivity index (χ1n) is 7.08. The Morgan fingerprint density at radius 2 is 1.86 bits per heavy atom. The lowest BCUT2D eigenvalue weighted by atomic mass is 10.0. The van der Waals surface area contributed by atoms with Gasteiger partial charge in [-0.25, -0.2) is 0 Å². The van der Waals surface area contributed by atoms with Gasteiger partial charge in [-0.05, 0) is 41.5 Å². The van der Waals surface area contributed by atoms with Gasteiger partial charge in [0.25, 0.3) is 0 Å². The van der Waals surface area contributed by atoms with Crippen LogP contribution in [0.1, 0.15) is 11.1 Å². The third kappa shape index (κ3) is 2.66. The number of hydrogen-bond acceptors (Lipinski definition) is 3. The smallest absolute Gasteiger partial charge is 0.144 e. The van der Waals surface area contributed by atoms with E-state index in [9.17, 15) is 5.11 Å². The maximum Gasteiger partial charge on any atom is 0.144 e. The molecule has 3 aromatic rings. The molecule has 22 heavy (non-hydrogen) atoms. The number of rotatable bonds is 3. The first kappa shape index (κ1) is 14.1. The Kier molecular flexibility index (Phi) is 3.79. The fourth-order valence-corrected chi connectivity index (χ4v) is 2.45. The Hall–Kier alpha value is -2.81. The molecule has 0 aliphatic carbocycles. The molecule has 0 aromatic heterocycles. The molecule has 110 valence electrons. The van der Waals surface area contributed by atoms with E-state index in [0.717, 1.165) is 22.0 Å². The van der Waals surface area contributed by atoms with E-state index in [1.807, 2.05) is 55.5 Å². The van der Waals surface area contributed by atoms with Crippen LogP contribution in [0.5, 0.6) is 11.5 Å². The molecular formula is C19H17NO2. The molecule has 0 heterocycles. The summed E-state index contributed by atoms with van der Waals surface area (Å²) in [6.07, 6.45) is 1.69. The average Bonchev–Trinajstić information content (AvgIpc) is 2.54. The third-order valence-corrected chi connectivity index (χ3v) is 3.61. The number of nitrogens with zero attached hydrogens (tertiary/aromatic N) is 1. The van der Waals surface area contributed by atoms with E-state index in [0.29, 0.717) is 11.3 Å². The second-order valence-electron chi connectivity index (χ2n) is 5.15. The highest BCUT2D eigenvalue weighted by atomic mass is 16.5. The summed E-state index contributed by atoms with van der Waals surface area (Å²) in [5.41, 5.74) is 2.56. The molecule has 3 rings (SSSR count). The van der Waals surface area contributed by atoms with E-state index < -0.39 is 0 Å². The molecule has 3 aromatic carbocycles. The number of hydrogen-bond donors (Lipinski definition) is 1. The Labute approximate surface area is 129 Å². The minimum Gasteiger partial charge on any atom is -0.507 e. The SMILES string of the molecule is COc1ccc(C)cc1N=Cc1c(O)ccc2ccccc12. The van der Waals surface area contributed by atoms with E-state index in [4.69, 9.17) is 4.74 Å². The number of ether oxygens (including phenoxy) is 1. The van der Waals surface area contributed by atoms with Gasteiger partial charge in [-0.15, -0.1) is 0 Å². The van der Waals surface area contributed by atoms with Crippen molar-refractivity contribution >= 4 is 22.7 Å². The number of phenols is 1. The Balaban J connectivity index is 2.10. The lowest BCUT2D eigenvalue weighted by molar-refractivity contribution is 0.416. The molecule has 0 bridgehead atoms. The maximum absolute atomic E-state index is 10.1. The largest absolute Gasteiger partial charge is 0.507 e. The number of aromatic hydroxyl groups is 1. The molecule has 0 fully saturated rings. The lowest BCUT2D eigenvalue weighted by Crippen LogP contribution is -1.88. The van der Waals surface area contributed by atoms with Crippen molar-refractivity contribution in [1.29, 1.82) is 0 Å². The first-order chi connectivity index (χ1) is 10.7. The Bertz CT molecular complexity index is 853. The first-order valence-corrected chi connectivity index (χ1v) is 7.08. The summed E-state index contributed by atoms with van der Waals surface area (Å²) < 4.78 is 5.33. The predicted molar refractivity (Wildman–Crippen MR) is 90.6 cm³/mol. The molecule has 0 saturated carbocycles. The van der Waals surface area contributed by atoms with Crippen molar-refractivity contribution in [2.45, 2.75) is 6.92 Å². The molecule has 0 spiro atoms. The second-order valence-corrected chi connectivity index (χ2v) is 5.15. The normalized spacial score (nSPS) is 11.2. The molecular weight excluding hydrogens is 274 g/mol. The van der Waals surface area contributed by atoms with E-state index in [-0.39, 0.29) is 5.75 Å². The van der Waals surface area contributed by atoms with Crippen LogP contribution in [-0.4, -0.2) is 18.4 Å². The van der Waals surface area contributed by atoms with Gasteiger partial charge in [0.2, 0.25) is 0 Å². The monoisotopic (exact) mass is 291 g/mol. The quantitative estimate of drug-likeness (QED) is 0.716. The summed E-state index contributed by atoms with van der Waals surface area (Å²) in [7, 11) is 1.62. The van der Waals surface area contributed by atoms with Crippen molar-refractivity contribution < 1.29 is 9.84 Å². The number of phenolic OH excluding ortho intramolecular Hbond substituents is 1. The summed E-state index contributed by atoms with van der Waals surface area (Å²) >= 11 is 0. The number of aryl methyl sites for hydroxylation is 1. The molecule has 3 nitrogen and oxygen atoms in total.